The SMILES string of the molecule is CCCCCC(S)CCCC(CCC(C)C)C(=O)O. The molecule has 0 saturated heterocycles. The van der Waals surface area contributed by atoms with E-state index < -0.39 is 5.97 Å². The summed E-state index contributed by atoms with van der Waals surface area (Å²) in [6.07, 6.45) is 9.64. The minimum Gasteiger partial charge on any atom is -0.481 e. The molecule has 0 aromatic heterocycles. The van der Waals surface area contributed by atoms with Crippen molar-refractivity contribution in [2.75, 3.05) is 0 Å². The number of hydrogen-bond acceptors (Lipinski definition) is 2. The van der Waals surface area contributed by atoms with Crippen molar-refractivity contribution in [1.29, 1.82) is 0 Å². The van der Waals surface area contributed by atoms with Crippen LogP contribution in [0.3, 0.4) is 0 Å². The van der Waals surface area contributed by atoms with Crippen LogP contribution in [0.4, 0.5) is 0 Å². The molecule has 2 unspecified atom stereocenters. The Morgan fingerprint density at radius 1 is 1.00 bits per heavy atom. The molecule has 2 atom stereocenters. The fraction of sp³-hybridized carbons (Fsp3) is 0.938. The van der Waals surface area contributed by atoms with E-state index in [1.807, 2.05) is 0 Å². The molecule has 114 valence electrons. The maximum absolute atomic E-state index is 11.2. The summed E-state index contributed by atoms with van der Waals surface area (Å²) in [6, 6.07) is 0. The minimum absolute atomic E-state index is 0.154. The van der Waals surface area contributed by atoms with Gasteiger partial charge in [-0.25, -0.2) is 0 Å². The van der Waals surface area contributed by atoms with Gasteiger partial charge in [-0.2, -0.15) is 12.6 Å². The summed E-state index contributed by atoms with van der Waals surface area (Å²) in [5, 5.41) is 9.66. The predicted molar refractivity (Wildman–Crippen MR) is 86.0 cm³/mol. The van der Waals surface area contributed by atoms with Crippen molar-refractivity contribution in [3.05, 3.63) is 0 Å². The zero-order valence-corrected chi connectivity index (χ0v) is 13.8. The minimum atomic E-state index is -0.623. The monoisotopic (exact) mass is 288 g/mol. The van der Waals surface area contributed by atoms with E-state index in [-0.39, 0.29) is 5.92 Å². The van der Waals surface area contributed by atoms with Crippen LogP contribution in [0.25, 0.3) is 0 Å². The lowest BCUT2D eigenvalue weighted by Gasteiger charge is -2.15. The highest BCUT2D eigenvalue weighted by atomic mass is 32.1. The van der Waals surface area contributed by atoms with Crippen LogP contribution in [0.5, 0.6) is 0 Å². The highest BCUT2D eigenvalue weighted by molar-refractivity contribution is 7.80. The Morgan fingerprint density at radius 2 is 1.63 bits per heavy atom. The first kappa shape index (κ1) is 18.8. The summed E-state index contributed by atoms with van der Waals surface area (Å²) in [5.74, 6) is -0.186. The lowest BCUT2D eigenvalue weighted by atomic mass is 9.92. The van der Waals surface area contributed by atoms with Gasteiger partial charge in [0.15, 0.2) is 0 Å². The number of aliphatic carboxylic acids is 1. The Hall–Kier alpha value is -0.180. The first-order valence-electron chi connectivity index (χ1n) is 7.88. The van der Waals surface area contributed by atoms with Gasteiger partial charge in [0.25, 0.3) is 0 Å². The van der Waals surface area contributed by atoms with Gasteiger partial charge in [-0.1, -0.05) is 52.9 Å². The third-order valence-electron chi connectivity index (χ3n) is 3.67. The van der Waals surface area contributed by atoms with Gasteiger partial charge in [-0.3, -0.25) is 4.79 Å². The summed E-state index contributed by atoms with van der Waals surface area (Å²) < 4.78 is 0. The fourth-order valence-corrected chi connectivity index (χ4v) is 2.67. The number of thiol groups is 1. The molecular weight excluding hydrogens is 256 g/mol. The molecule has 3 heteroatoms. The van der Waals surface area contributed by atoms with Crippen LogP contribution in [0.1, 0.15) is 78.6 Å². The van der Waals surface area contributed by atoms with Crippen LogP contribution in [0.15, 0.2) is 0 Å². The van der Waals surface area contributed by atoms with Crippen molar-refractivity contribution < 1.29 is 9.90 Å². The Balaban J connectivity index is 3.76. The summed E-state index contributed by atoms with van der Waals surface area (Å²) in [7, 11) is 0. The van der Waals surface area contributed by atoms with Gasteiger partial charge in [-0.15, -0.1) is 0 Å². The Morgan fingerprint density at radius 3 is 2.16 bits per heavy atom. The molecule has 0 fully saturated rings. The van der Waals surface area contributed by atoms with Crippen molar-refractivity contribution in [3.63, 3.8) is 0 Å². The molecule has 0 heterocycles. The molecule has 0 bridgehead atoms. The maximum Gasteiger partial charge on any atom is 0.306 e. The maximum atomic E-state index is 11.2. The second-order valence-electron chi connectivity index (χ2n) is 6.09. The van der Waals surface area contributed by atoms with Crippen molar-refractivity contribution in [1.82, 2.24) is 0 Å². The third-order valence-corrected chi connectivity index (χ3v) is 4.19. The van der Waals surface area contributed by atoms with Gasteiger partial charge in [-0.05, 0) is 31.6 Å². The third kappa shape index (κ3) is 11.4. The van der Waals surface area contributed by atoms with E-state index in [4.69, 9.17) is 0 Å². The number of hydrogen-bond donors (Lipinski definition) is 2. The van der Waals surface area contributed by atoms with Gasteiger partial charge in [0.05, 0.1) is 5.92 Å². The summed E-state index contributed by atoms with van der Waals surface area (Å²) in [4.78, 5) is 11.2. The number of unbranched alkanes of at least 4 members (excludes halogenated alkanes) is 2. The molecule has 1 N–H and O–H groups in total. The van der Waals surface area contributed by atoms with Crippen molar-refractivity contribution in [2.24, 2.45) is 11.8 Å². The summed E-state index contributed by atoms with van der Waals surface area (Å²) >= 11 is 4.59. The van der Waals surface area contributed by atoms with Crippen LogP contribution in [-0.4, -0.2) is 16.3 Å². The van der Waals surface area contributed by atoms with Crippen molar-refractivity contribution in [2.45, 2.75) is 83.8 Å². The number of carboxylic acids is 1. The number of rotatable bonds is 12. The Kier molecular flexibility index (Phi) is 11.5. The van der Waals surface area contributed by atoms with Crippen molar-refractivity contribution in [3.8, 4) is 0 Å². The molecule has 0 aromatic carbocycles. The zero-order chi connectivity index (χ0) is 14.7. The van der Waals surface area contributed by atoms with Gasteiger partial charge in [0.1, 0.15) is 0 Å². The van der Waals surface area contributed by atoms with Crippen LogP contribution in [0.2, 0.25) is 0 Å². The molecule has 0 aliphatic heterocycles. The van der Waals surface area contributed by atoms with E-state index >= 15 is 0 Å². The highest BCUT2D eigenvalue weighted by Gasteiger charge is 2.17. The summed E-state index contributed by atoms with van der Waals surface area (Å²) in [5.41, 5.74) is 0. The van der Waals surface area contributed by atoms with E-state index in [1.54, 1.807) is 0 Å². The van der Waals surface area contributed by atoms with Crippen LogP contribution >= 0.6 is 12.6 Å². The molecule has 2 nitrogen and oxygen atoms in total. The second kappa shape index (κ2) is 11.6. The van der Waals surface area contributed by atoms with Gasteiger partial charge in [0.2, 0.25) is 0 Å². The smallest absolute Gasteiger partial charge is 0.306 e. The lowest BCUT2D eigenvalue weighted by molar-refractivity contribution is -0.142. The average molecular weight is 288 g/mol. The van der Waals surface area contributed by atoms with E-state index in [9.17, 15) is 9.90 Å². The quantitative estimate of drug-likeness (QED) is 0.384. The van der Waals surface area contributed by atoms with Gasteiger partial charge >= 0.3 is 5.97 Å². The van der Waals surface area contributed by atoms with Gasteiger partial charge in [0, 0.05) is 5.25 Å². The first-order valence-corrected chi connectivity index (χ1v) is 8.39. The standard InChI is InChI=1S/C16H32O2S/c1-4-5-6-9-15(19)10-7-8-14(16(17)18)12-11-13(2)3/h13-15,19H,4-12H2,1-3H3,(H,17,18). The molecule has 0 aliphatic carbocycles. The fourth-order valence-electron chi connectivity index (χ4n) is 2.30. The number of carboxylic acid groups (broad SMARTS) is 1. The Labute approximate surface area is 124 Å². The zero-order valence-electron chi connectivity index (χ0n) is 12.9. The average Bonchev–Trinajstić information content (AvgIpc) is 2.33. The first-order chi connectivity index (χ1) is 8.97. The molecule has 0 radical (unpaired) electrons. The van der Waals surface area contributed by atoms with Crippen LogP contribution < -0.4 is 0 Å². The lowest BCUT2D eigenvalue weighted by Crippen LogP contribution is -2.15. The predicted octanol–water partition coefficient (Wildman–Crippen LogP) is 5.17. The summed E-state index contributed by atoms with van der Waals surface area (Å²) in [6.45, 7) is 6.51. The molecule has 0 saturated carbocycles. The molecule has 0 aliphatic rings. The van der Waals surface area contributed by atoms with Crippen LogP contribution in [0, 0.1) is 11.8 Å². The molecule has 0 rings (SSSR count). The topological polar surface area (TPSA) is 37.3 Å². The largest absolute Gasteiger partial charge is 0.481 e. The number of carbonyl (C=O) groups is 1. The molecule has 19 heavy (non-hydrogen) atoms. The molecule has 0 spiro atoms. The van der Waals surface area contributed by atoms with E-state index in [0.717, 1.165) is 32.1 Å². The van der Waals surface area contributed by atoms with E-state index in [2.05, 4.69) is 33.4 Å². The van der Waals surface area contributed by atoms with E-state index in [0.29, 0.717) is 11.2 Å². The van der Waals surface area contributed by atoms with E-state index in [1.165, 1.54) is 25.7 Å². The second-order valence-corrected chi connectivity index (χ2v) is 6.82. The normalized spacial score (nSPS) is 14.6. The van der Waals surface area contributed by atoms with Gasteiger partial charge < -0.3 is 5.11 Å². The molecular formula is C16H32O2S. The highest BCUT2D eigenvalue weighted by Crippen LogP contribution is 2.21. The van der Waals surface area contributed by atoms with Crippen LogP contribution in [-0.2, 0) is 4.79 Å². The van der Waals surface area contributed by atoms with Crippen molar-refractivity contribution >= 4 is 18.6 Å². The molecule has 0 amide bonds. The molecule has 0 aromatic rings. The Bertz CT molecular complexity index is 229.